The van der Waals surface area contributed by atoms with Crippen LogP contribution in [0.4, 0.5) is 5.82 Å². The number of amides is 5. The molecular formula is C48H58N10O8S. The van der Waals surface area contributed by atoms with Crippen LogP contribution in [0, 0.1) is 19.8 Å². The molecular weight excluding hydrogens is 877 g/mol. The highest BCUT2D eigenvalue weighted by atomic mass is 32.1. The Balaban J connectivity index is 0.802. The molecule has 4 saturated heterocycles. The van der Waals surface area contributed by atoms with Gasteiger partial charge in [0.15, 0.2) is 22.9 Å². The summed E-state index contributed by atoms with van der Waals surface area (Å²) in [5.41, 5.74) is 12.9. The van der Waals surface area contributed by atoms with Crippen LogP contribution in [0.3, 0.4) is 0 Å². The Morgan fingerprint density at radius 1 is 0.881 bits per heavy atom. The number of thiazole rings is 1. The number of aliphatic hydroxyl groups is 1. The summed E-state index contributed by atoms with van der Waals surface area (Å²) in [5.74, 6) is -1.60. The van der Waals surface area contributed by atoms with Crippen molar-refractivity contribution in [2.75, 3.05) is 50.7 Å². The number of piperazine rings is 1. The Hall–Kier alpha value is -6.18. The monoisotopic (exact) mass is 934 g/mol. The average molecular weight is 935 g/mol. The number of carbonyl (C=O) groups is 5. The summed E-state index contributed by atoms with van der Waals surface area (Å²) in [7, 11) is 0. The molecule has 4 aliphatic rings. The molecule has 5 amide bonds. The van der Waals surface area contributed by atoms with E-state index in [0.29, 0.717) is 74.5 Å². The van der Waals surface area contributed by atoms with Crippen molar-refractivity contribution in [2.24, 2.45) is 11.7 Å². The lowest BCUT2D eigenvalue weighted by atomic mass is 9.91. The van der Waals surface area contributed by atoms with Crippen LogP contribution in [-0.4, -0.2) is 146 Å². The Morgan fingerprint density at radius 2 is 1.64 bits per heavy atom. The molecule has 2 aromatic carbocycles. The molecule has 0 radical (unpaired) electrons. The molecule has 4 N–H and O–H groups in total. The summed E-state index contributed by atoms with van der Waals surface area (Å²) in [4.78, 5) is 83.9. The number of nitrogens with two attached hydrogens (primary N) is 1. The van der Waals surface area contributed by atoms with E-state index in [1.807, 2.05) is 81.4 Å². The second-order valence-corrected chi connectivity index (χ2v) is 19.7. The van der Waals surface area contributed by atoms with Crippen molar-refractivity contribution in [3.05, 3.63) is 82.3 Å². The first-order valence-electron chi connectivity index (χ1n) is 23.2. The van der Waals surface area contributed by atoms with Gasteiger partial charge in [0.05, 0.1) is 33.6 Å². The average Bonchev–Trinajstić information content (AvgIpc) is 4.18. The van der Waals surface area contributed by atoms with Crippen molar-refractivity contribution in [1.82, 2.24) is 40.2 Å². The molecule has 0 spiro atoms. The molecule has 18 nitrogen and oxygen atoms in total. The van der Waals surface area contributed by atoms with Crippen LogP contribution in [-0.2, 0) is 19.2 Å². The van der Waals surface area contributed by atoms with Gasteiger partial charge in [-0.2, -0.15) is 0 Å². The lowest BCUT2D eigenvalue weighted by molar-refractivity contribution is -0.147. The van der Waals surface area contributed by atoms with Gasteiger partial charge >= 0.3 is 0 Å². The zero-order chi connectivity index (χ0) is 47.3. The van der Waals surface area contributed by atoms with Crippen molar-refractivity contribution in [2.45, 2.75) is 103 Å². The van der Waals surface area contributed by atoms with E-state index in [2.05, 4.69) is 20.6 Å². The van der Waals surface area contributed by atoms with Crippen LogP contribution in [0.2, 0.25) is 0 Å². The zero-order valence-electron chi connectivity index (χ0n) is 38.5. The van der Waals surface area contributed by atoms with Crippen LogP contribution in [0.5, 0.6) is 0 Å². The van der Waals surface area contributed by atoms with Gasteiger partial charge in [-0.25, -0.2) is 4.98 Å². The maximum absolute atomic E-state index is 14.4. The molecule has 0 bridgehead atoms. The number of aromatic nitrogens is 3. The SMILES string of the molecule is Cc1ccc2onc(C(=O)N3CC[C@H]4CC[C@@H](C(=O)N5CCN(c6cc(C(C(=O)N7C[C@H](O)C[C@H]7C(=O)N[C@H](C)c7ccc(-c8scnc8C)cc7)C(C)C)on6)CC5)N4C(=O)[C@@H](N)C3)c2c1. The van der Waals surface area contributed by atoms with E-state index in [9.17, 15) is 29.1 Å². The van der Waals surface area contributed by atoms with Crippen LogP contribution in [0.25, 0.3) is 21.4 Å². The Labute approximate surface area is 392 Å². The number of aryl methyl sites for hydroxylation is 2. The summed E-state index contributed by atoms with van der Waals surface area (Å²) < 4.78 is 11.3. The Kier molecular flexibility index (Phi) is 12.9. The van der Waals surface area contributed by atoms with E-state index in [4.69, 9.17) is 14.8 Å². The van der Waals surface area contributed by atoms with Crippen molar-refractivity contribution < 1.29 is 38.1 Å². The molecule has 0 aliphatic carbocycles. The van der Waals surface area contributed by atoms with Gasteiger partial charge in [0.1, 0.15) is 24.0 Å². The van der Waals surface area contributed by atoms with Crippen molar-refractivity contribution in [3.63, 3.8) is 0 Å². The van der Waals surface area contributed by atoms with Gasteiger partial charge in [0, 0.05) is 64.3 Å². The Morgan fingerprint density at radius 3 is 2.36 bits per heavy atom. The number of likely N-dealkylation sites (tertiary alicyclic amines) is 1. The van der Waals surface area contributed by atoms with Crippen molar-refractivity contribution >= 4 is 57.7 Å². The van der Waals surface area contributed by atoms with E-state index < -0.39 is 30.1 Å². The number of benzene rings is 2. The predicted molar refractivity (Wildman–Crippen MR) is 249 cm³/mol. The third-order valence-electron chi connectivity index (χ3n) is 13.9. The highest BCUT2D eigenvalue weighted by Crippen LogP contribution is 2.35. The second kappa shape index (κ2) is 18.8. The van der Waals surface area contributed by atoms with E-state index in [-0.39, 0.29) is 72.7 Å². The van der Waals surface area contributed by atoms with Gasteiger partial charge in [-0.1, -0.05) is 60.1 Å². The van der Waals surface area contributed by atoms with E-state index in [1.54, 1.807) is 38.2 Å². The molecule has 9 rings (SSSR count). The number of fused-ring (bicyclic) bond motifs is 2. The molecule has 67 heavy (non-hydrogen) atoms. The van der Waals surface area contributed by atoms with Crippen molar-refractivity contribution in [1.29, 1.82) is 0 Å². The first-order chi connectivity index (χ1) is 32.2. The smallest absolute Gasteiger partial charge is 0.276 e. The van der Waals surface area contributed by atoms with E-state index in [1.165, 1.54) is 4.90 Å². The minimum Gasteiger partial charge on any atom is -0.391 e. The van der Waals surface area contributed by atoms with Gasteiger partial charge < -0.3 is 49.7 Å². The first kappa shape index (κ1) is 46.0. The summed E-state index contributed by atoms with van der Waals surface area (Å²) in [6, 6.07) is 12.1. The maximum atomic E-state index is 14.4. The lowest BCUT2D eigenvalue weighted by Crippen LogP contribution is -2.60. The number of β-amino-alcohol motifs (C(OH)–C–C–N with tert-alkyl or cyclic N) is 1. The number of hydrogen-bond acceptors (Lipinski definition) is 14. The van der Waals surface area contributed by atoms with Crippen LogP contribution in [0.1, 0.15) is 91.5 Å². The molecule has 1 unspecified atom stereocenters. The number of nitrogens with one attached hydrogen (secondary N) is 1. The summed E-state index contributed by atoms with van der Waals surface area (Å²) in [6.07, 6.45) is 0.870. The zero-order valence-corrected chi connectivity index (χ0v) is 39.3. The number of aliphatic hydroxyl groups excluding tert-OH is 1. The van der Waals surface area contributed by atoms with Crippen LogP contribution < -0.4 is 16.0 Å². The van der Waals surface area contributed by atoms with Gasteiger partial charge in [-0.05, 0) is 69.2 Å². The molecule has 4 fully saturated rings. The second-order valence-electron chi connectivity index (χ2n) is 18.8. The minimum absolute atomic E-state index is 0.0103. The Bertz CT molecular complexity index is 2650. The fourth-order valence-electron chi connectivity index (χ4n) is 10.2. The maximum Gasteiger partial charge on any atom is 0.276 e. The summed E-state index contributed by atoms with van der Waals surface area (Å²) in [5, 5.41) is 22.9. The van der Waals surface area contributed by atoms with Crippen LogP contribution >= 0.6 is 11.3 Å². The van der Waals surface area contributed by atoms with Gasteiger partial charge in [0.2, 0.25) is 23.6 Å². The fourth-order valence-corrected chi connectivity index (χ4v) is 11.1. The third-order valence-corrected chi connectivity index (χ3v) is 14.9. The standard InChI is InChI=1S/C48H58N10O8S/c1-26(2)41(47(63)57-23-33(59)21-37(57)44(60)51-28(4)30-7-9-31(10-8-30)43-29(5)50-25-67-43)39-22-40(52-66-39)54-16-18-55(19-17-54)46(62)36-12-11-32-14-15-56(24-35(49)45(61)58(32)36)48(64)42-34-20-27(3)6-13-38(34)65-53-42/h6-10,13,20,22,25-26,28,32-33,35-37,41,59H,11-12,14-19,21,23-24,49H2,1-5H3,(H,51,60)/t28-,32-,33-,35+,36+,37+,41?/m1/s1. The van der Waals surface area contributed by atoms with Crippen molar-refractivity contribution in [3.8, 4) is 10.4 Å². The molecule has 7 atom stereocenters. The molecule has 3 aromatic heterocycles. The quantitative estimate of drug-likeness (QED) is 0.180. The molecule has 0 saturated carbocycles. The third kappa shape index (κ3) is 9.03. The normalized spacial score (nSPS) is 23.4. The predicted octanol–water partition coefficient (Wildman–Crippen LogP) is 4.02. The molecule has 354 valence electrons. The topological polar surface area (TPSA) is 225 Å². The van der Waals surface area contributed by atoms with E-state index in [0.717, 1.165) is 27.3 Å². The summed E-state index contributed by atoms with van der Waals surface area (Å²) >= 11 is 1.58. The highest BCUT2D eigenvalue weighted by Gasteiger charge is 2.47. The molecule has 5 aromatic rings. The number of rotatable bonds is 10. The number of anilines is 1. The number of nitrogens with zero attached hydrogens (tertiary/aromatic N) is 8. The van der Waals surface area contributed by atoms with Gasteiger partial charge in [-0.3, -0.25) is 24.0 Å². The van der Waals surface area contributed by atoms with Gasteiger partial charge in [0.25, 0.3) is 5.91 Å². The van der Waals surface area contributed by atoms with E-state index >= 15 is 0 Å². The number of carbonyl (C=O) groups excluding carboxylic acids is 5. The number of hydrogen-bond donors (Lipinski definition) is 3. The lowest BCUT2D eigenvalue weighted by Gasteiger charge is -2.40. The molecule has 7 heterocycles. The van der Waals surface area contributed by atoms with Crippen LogP contribution in [0.15, 0.2) is 63.1 Å². The minimum atomic E-state index is -1.02. The largest absolute Gasteiger partial charge is 0.391 e. The summed E-state index contributed by atoms with van der Waals surface area (Å²) in [6.45, 7) is 11.6. The van der Waals surface area contributed by atoms with Gasteiger partial charge in [-0.15, -0.1) is 11.3 Å². The highest BCUT2D eigenvalue weighted by molar-refractivity contribution is 7.13. The molecule has 19 heteroatoms. The first-order valence-corrected chi connectivity index (χ1v) is 24.1. The molecule has 4 aliphatic heterocycles. The fraction of sp³-hybridized carbons (Fsp3) is 0.500.